The molecule has 1 saturated carbocycles. The van der Waals surface area contributed by atoms with Crippen LogP contribution in [-0.4, -0.2) is 0 Å². The smallest absolute Gasteiger partial charge is 0.201 e. The molecule has 0 unspecified atom stereocenters. The number of nitrogens with zero attached hydrogens (tertiary/aromatic N) is 5. The molecule has 5 heteroatoms. The lowest BCUT2D eigenvalue weighted by Gasteiger charge is -2.19. The Kier molecular flexibility index (Phi) is 36.7. The molecule has 104 heavy (non-hydrogen) atoms. The summed E-state index contributed by atoms with van der Waals surface area (Å²) in [6.07, 6.45) is 22.6. The van der Waals surface area contributed by atoms with Crippen LogP contribution < -0.4 is 22.8 Å². The predicted molar refractivity (Wildman–Crippen MR) is 456 cm³/mol. The van der Waals surface area contributed by atoms with E-state index in [1.165, 1.54) is 160 Å². The van der Waals surface area contributed by atoms with Crippen LogP contribution in [0.1, 0.15) is 228 Å². The lowest BCUT2D eigenvalue weighted by Crippen LogP contribution is -2.32. The van der Waals surface area contributed by atoms with Gasteiger partial charge in [-0.25, -0.2) is 22.8 Å². The molecule has 0 saturated heterocycles. The van der Waals surface area contributed by atoms with E-state index in [9.17, 15) is 0 Å². The molecule has 0 bridgehead atoms. The molecule has 1 aliphatic rings. The van der Waals surface area contributed by atoms with Crippen molar-refractivity contribution in [2.75, 3.05) is 0 Å². The van der Waals surface area contributed by atoms with Gasteiger partial charge in [-0.3, -0.25) is 0 Å². The summed E-state index contributed by atoms with van der Waals surface area (Å²) in [6, 6.07) is 54.9. The molecule has 0 N–H and O–H groups in total. The van der Waals surface area contributed by atoms with Crippen LogP contribution in [-0.2, 0) is 67.3 Å². The summed E-state index contributed by atoms with van der Waals surface area (Å²) < 4.78 is 11.3. The summed E-state index contributed by atoms with van der Waals surface area (Å²) in [7, 11) is 10.8. The maximum absolute atomic E-state index is 2.38. The van der Waals surface area contributed by atoms with E-state index < -0.39 is 0 Å². The van der Waals surface area contributed by atoms with Crippen molar-refractivity contribution in [2.45, 2.75) is 239 Å². The minimum atomic E-state index is 0. The number of aryl methyl sites for hydroxylation is 15. The van der Waals surface area contributed by atoms with Gasteiger partial charge in [0.15, 0.2) is 31.0 Å². The van der Waals surface area contributed by atoms with E-state index in [0.717, 1.165) is 38.0 Å². The van der Waals surface area contributed by atoms with Crippen molar-refractivity contribution in [3.8, 4) is 56.3 Å². The number of hydrogen-bond donors (Lipinski definition) is 0. The van der Waals surface area contributed by atoms with Crippen LogP contribution in [0.4, 0.5) is 0 Å². The van der Waals surface area contributed by atoms with Crippen molar-refractivity contribution in [2.24, 2.45) is 57.9 Å². The Hall–Kier alpha value is -8.15. The Labute approximate surface area is 638 Å². The lowest BCUT2D eigenvalue weighted by molar-refractivity contribution is -0.661. The van der Waals surface area contributed by atoms with Crippen LogP contribution in [0.5, 0.6) is 0 Å². The molecule has 562 valence electrons. The molecule has 5 nitrogen and oxygen atoms in total. The third-order valence-corrected chi connectivity index (χ3v) is 19.7. The first-order chi connectivity index (χ1) is 46.7. The number of benzene rings is 5. The van der Waals surface area contributed by atoms with Crippen molar-refractivity contribution in [1.29, 1.82) is 0 Å². The Bertz CT molecular complexity index is 4330. The molecule has 1 fully saturated rings. The van der Waals surface area contributed by atoms with E-state index in [1.54, 1.807) is 5.56 Å². The van der Waals surface area contributed by atoms with E-state index in [2.05, 4.69) is 379 Å². The third kappa shape index (κ3) is 25.6. The topological polar surface area (TPSA) is 19.4 Å². The summed E-state index contributed by atoms with van der Waals surface area (Å²) in [5.74, 6) is 2.17. The van der Waals surface area contributed by atoms with Gasteiger partial charge in [-0.15, -0.1) is 0 Å². The fraction of sp³-hybridized carbons (Fsp3) is 0.444. The SMILES string of the molecule is C.C.C.C.C.CCc1cc(-c2ccccc2C)[n+](C)cc1CC(C)C.Cc1c[n+](C)c(-c2ccccc2C)cc1CC(C)(C)C.Cc1c[n+](C)c(-c2ccccc2C)cc1CC(C)C.Cc1cc(-c2ccccc2C)[n+](C)cc1CC(C)(C)C.Cc1ccccc1-c1cc(C)c(C2CCCC2)c[n+]1C. The minimum absolute atomic E-state index is 0. The van der Waals surface area contributed by atoms with Gasteiger partial charge in [0.25, 0.3) is 0 Å². The predicted octanol–water partition coefficient (Wildman–Crippen LogP) is 24.6. The molecular formula is C99H146N5+5. The highest BCUT2D eigenvalue weighted by Gasteiger charge is 2.26. The Morgan fingerprint density at radius 2 is 0.596 bits per heavy atom. The van der Waals surface area contributed by atoms with Crippen molar-refractivity contribution in [1.82, 2.24) is 0 Å². The number of hydrogen-bond acceptors (Lipinski definition) is 0. The van der Waals surface area contributed by atoms with E-state index >= 15 is 0 Å². The molecule has 1 aliphatic carbocycles. The monoisotopic (exact) mass is 1410 g/mol. The van der Waals surface area contributed by atoms with Crippen LogP contribution in [0.2, 0.25) is 0 Å². The van der Waals surface area contributed by atoms with Gasteiger partial charge in [0, 0.05) is 86.0 Å². The quantitative estimate of drug-likeness (QED) is 0.103. The van der Waals surface area contributed by atoms with Crippen LogP contribution in [0, 0.1) is 85.0 Å². The second-order valence-electron chi connectivity index (χ2n) is 32.2. The highest BCUT2D eigenvalue weighted by atomic mass is 14.9. The van der Waals surface area contributed by atoms with Gasteiger partial charge in [-0.1, -0.05) is 217 Å². The molecule has 5 aromatic carbocycles. The first kappa shape index (κ1) is 91.9. The molecule has 11 rings (SSSR count). The summed E-state index contributed by atoms with van der Waals surface area (Å²) >= 11 is 0. The molecule has 10 aromatic rings. The molecule has 5 aromatic heterocycles. The largest absolute Gasteiger partial charge is 0.212 e. The van der Waals surface area contributed by atoms with Gasteiger partial charge in [0.05, 0.1) is 0 Å². The van der Waals surface area contributed by atoms with E-state index in [0.29, 0.717) is 22.7 Å². The summed E-state index contributed by atoms with van der Waals surface area (Å²) in [5.41, 5.74) is 35.0. The maximum atomic E-state index is 2.38. The zero-order chi connectivity index (χ0) is 72.6. The summed E-state index contributed by atoms with van der Waals surface area (Å²) in [4.78, 5) is 0. The van der Waals surface area contributed by atoms with Crippen LogP contribution >= 0.6 is 0 Å². The van der Waals surface area contributed by atoms with Gasteiger partial charge in [-0.2, -0.15) is 0 Å². The van der Waals surface area contributed by atoms with Gasteiger partial charge < -0.3 is 0 Å². The minimum Gasteiger partial charge on any atom is -0.201 e. The zero-order valence-electron chi connectivity index (χ0n) is 66.2. The van der Waals surface area contributed by atoms with Crippen LogP contribution in [0.3, 0.4) is 0 Å². The Balaban J connectivity index is 0.000000437. The number of pyridine rings is 5. The van der Waals surface area contributed by atoms with Crippen molar-refractivity contribution in [3.05, 3.63) is 266 Å². The first-order valence-corrected chi connectivity index (χ1v) is 37.0. The second kappa shape index (κ2) is 41.5. The lowest BCUT2D eigenvalue weighted by atomic mass is 9.86. The fourth-order valence-electron chi connectivity index (χ4n) is 14.4. The van der Waals surface area contributed by atoms with E-state index in [4.69, 9.17) is 0 Å². The average Bonchev–Trinajstić information content (AvgIpc) is 1.13. The van der Waals surface area contributed by atoms with Gasteiger partial charge in [-0.05, 0) is 222 Å². The van der Waals surface area contributed by atoms with E-state index in [-0.39, 0.29) is 37.1 Å². The second-order valence-corrected chi connectivity index (χ2v) is 32.2. The molecular weight excluding hydrogens is 1260 g/mol. The average molecular weight is 1410 g/mol. The first-order valence-electron chi connectivity index (χ1n) is 37.0. The Morgan fingerprint density at radius 1 is 0.317 bits per heavy atom. The molecule has 0 amide bonds. The summed E-state index contributed by atoms with van der Waals surface area (Å²) in [6.45, 7) is 45.0. The van der Waals surface area contributed by atoms with Gasteiger partial charge in [0.1, 0.15) is 35.2 Å². The molecule has 0 radical (unpaired) electrons. The third-order valence-electron chi connectivity index (χ3n) is 19.7. The van der Waals surface area contributed by atoms with Crippen molar-refractivity contribution >= 4 is 0 Å². The fourth-order valence-corrected chi connectivity index (χ4v) is 14.4. The normalized spacial score (nSPS) is 11.7. The zero-order valence-corrected chi connectivity index (χ0v) is 66.2. The van der Waals surface area contributed by atoms with Crippen molar-refractivity contribution < 1.29 is 22.8 Å². The molecule has 0 atom stereocenters. The van der Waals surface area contributed by atoms with Gasteiger partial charge in [0.2, 0.25) is 28.5 Å². The summed E-state index contributed by atoms with van der Waals surface area (Å²) in [5, 5.41) is 0. The van der Waals surface area contributed by atoms with Crippen LogP contribution in [0.25, 0.3) is 56.3 Å². The van der Waals surface area contributed by atoms with Crippen molar-refractivity contribution in [3.63, 3.8) is 0 Å². The molecule has 0 aliphatic heterocycles. The molecule has 0 spiro atoms. The van der Waals surface area contributed by atoms with Gasteiger partial charge >= 0.3 is 0 Å². The standard InChI is InChI=1S/C19H24N.3C19H26N.C18H24N.5CH4/c1-14-8-4-7-11-17(14)19-12-15(2)18(13-20(19)3)16-9-5-6-10-16;1-14-9-7-8-10-17(14)18-11-16(12-19(3,4)5)15(2)13-20(18)6;1-14-9-7-8-10-17(14)18-11-15(2)16(13-20(18)6)12-19(3,4)5;1-6-16-12-19(18-10-8-7-9-15(18)4)20(5)13-17(16)11-14(2)3;1-13(2)10-16-11-18(19(5)12-15(16)4)17-9-7-6-8-14(17)3;;;;;/h4,7-8,11-13,16H,5-6,9-10H2,1-3H3;2*7-11,13H,12H2,1-6H3;7-10,12-14H,6,11H2,1-5H3;6-9,11-13H,10H2,1-5H3;5*1H4/q5*+1;;;;;. The highest BCUT2D eigenvalue weighted by molar-refractivity contribution is 5.65. The Morgan fingerprint density at radius 3 is 0.942 bits per heavy atom. The van der Waals surface area contributed by atoms with Crippen LogP contribution in [0.15, 0.2) is 183 Å². The number of aromatic nitrogens is 5. The maximum Gasteiger partial charge on any atom is 0.212 e. The molecule has 5 heterocycles. The number of rotatable bonds is 13. The highest BCUT2D eigenvalue weighted by Crippen LogP contribution is 2.37. The van der Waals surface area contributed by atoms with E-state index in [1.807, 2.05) is 0 Å².